The first-order valence-electron chi connectivity index (χ1n) is 5.69. The first-order chi connectivity index (χ1) is 8.93. The molecule has 0 amide bonds. The topological polar surface area (TPSA) is 55.8 Å². The van der Waals surface area contributed by atoms with Crippen molar-refractivity contribution in [3.63, 3.8) is 0 Å². The van der Waals surface area contributed by atoms with E-state index in [2.05, 4.69) is 4.74 Å². The van der Waals surface area contributed by atoms with Crippen molar-refractivity contribution in [3.05, 3.63) is 41.8 Å². The highest BCUT2D eigenvalue weighted by Crippen LogP contribution is 2.16. The van der Waals surface area contributed by atoms with Gasteiger partial charge in [-0.3, -0.25) is 4.79 Å². The molecule has 0 atom stereocenters. The summed E-state index contributed by atoms with van der Waals surface area (Å²) in [5, 5.41) is 0. The molecule has 102 valence electrons. The van der Waals surface area contributed by atoms with Crippen molar-refractivity contribution >= 4 is 11.8 Å². The second-order valence-corrected chi connectivity index (χ2v) is 4.13. The van der Waals surface area contributed by atoms with Gasteiger partial charge in [-0.1, -0.05) is 0 Å². The number of ketones is 1. The summed E-state index contributed by atoms with van der Waals surface area (Å²) in [5.41, 5.74) is 0.427. The van der Waals surface area contributed by atoms with Gasteiger partial charge in [0.2, 0.25) is 0 Å². The summed E-state index contributed by atoms with van der Waals surface area (Å²) in [6.07, 6.45) is 1.59. The van der Waals surface area contributed by atoms with E-state index in [1.807, 2.05) is 0 Å². The van der Waals surface area contributed by atoms with Crippen molar-refractivity contribution < 1.29 is 19.1 Å². The Morgan fingerprint density at radius 1 is 1.16 bits per heavy atom. The first-order valence-corrected chi connectivity index (χ1v) is 5.69. The third-order valence-corrected chi connectivity index (χ3v) is 2.23. The molecular formula is C14H17NO4. The molecule has 0 aliphatic heterocycles. The average Bonchev–Trinajstić information content (AvgIpc) is 2.37. The van der Waals surface area contributed by atoms with Crippen LogP contribution < -0.4 is 4.74 Å². The highest BCUT2D eigenvalue weighted by Gasteiger charge is 2.09. The number of benzene rings is 1. The number of carbonyl (C=O) groups is 2. The number of ether oxygens (including phenoxy) is 2. The molecular weight excluding hydrogens is 246 g/mol. The van der Waals surface area contributed by atoms with E-state index < -0.39 is 5.97 Å². The Kier molecular flexibility index (Phi) is 5.11. The molecule has 0 aromatic heterocycles. The van der Waals surface area contributed by atoms with Crippen LogP contribution in [0.25, 0.3) is 0 Å². The lowest BCUT2D eigenvalue weighted by Crippen LogP contribution is -2.11. The summed E-state index contributed by atoms with van der Waals surface area (Å²) in [6.45, 7) is 1.43. The zero-order valence-electron chi connectivity index (χ0n) is 11.5. The first kappa shape index (κ1) is 14.8. The van der Waals surface area contributed by atoms with Gasteiger partial charge >= 0.3 is 5.97 Å². The lowest BCUT2D eigenvalue weighted by Gasteiger charge is -2.11. The molecule has 0 fully saturated rings. The number of esters is 1. The maximum absolute atomic E-state index is 11.4. The summed E-state index contributed by atoms with van der Waals surface area (Å²) in [7, 11) is 4.92. The second-order valence-electron chi connectivity index (χ2n) is 4.13. The van der Waals surface area contributed by atoms with E-state index >= 15 is 0 Å². The van der Waals surface area contributed by atoms with Gasteiger partial charge < -0.3 is 14.4 Å². The smallest absolute Gasteiger partial charge is 0.337 e. The van der Waals surface area contributed by atoms with E-state index in [0.717, 1.165) is 0 Å². The van der Waals surface area contributed by atoms with Gasteiger partial charge in [0.1, 0.15) is 5.75 Å². The number of allylic oxidation sites excluding steroid dienone is 1. The van der Waals surface area contributed by atoms with Crippen molar-refractivity contribution in [2.24, 2.45) is 0 Å². The predicted octanol–water partition coefficient (Wildman–Crippen LogP) is 1.84. The Labute approximate surface area is 112 Å². The van der Waals surface area contributed by atoms with E-state index in [0.29, 0.717) is 11.3 Å². The maximum atomic E-state index is 11.4. The van der Waals surface area contributed by atoms with Crippen LogP contribution in [0.2, 0.25) is 0 Å². The highest BCUT2D eigenvalue weighted by molar-refractivity contribution is 5.91. The lowest BCUT2D eigenvalue weighted by atomic mass is 10.2. The molecule has 0 saturated heterocycles. The molecule has 0 unspecified atom stereocenters. The standard InChI is InChI=1S/C14H17NO4/c1-10(16)13(9-15(2)3)19-12-7-5-11(6-8-12)14(17)18-4/h5-9H,1-4H3/b13-9-. The molecule has 1 rings (SSSR count). The van der Waals surface area contributed by atoms with Gasteiger partial charge in [-0.15, -0.1) is 0 Å². The minimum atomic E-state index is -0.415. The maximum Gasteiger partial charge on any atom is 0.337 e. The number of carbonyl (C=O) groups excluding carboxylic acids is 2. The summed E-state index contributed by atoms with van der Waals surface area (Å²) < 4.78 is 10.1. The Balaban J connectivity index is 2.87. The molecule has 0 heterocycles. The molecule has 1 aromatic rings. The van der Waals surface area contributed by atoms with Crippen molar-refractivity contribution in [2.45, 2.75) is 6.92 Å². The molecule has 0 bridgehead atoms. The Bertz CT molecular complexity index is 489. The van der Waals surface area contributed by atoms with Crippen molar-refractivity contribution in [1.82, 2.24) is 4.90 Å². The number of methoxy groups -OCH3 is 1. The van der Waals surface area contributed by atoms with E-state index in [1.54, 1.807) is 49.5 Å². The SMILES string of the molecule is COC(=O)c1ccc(O/C(=C\N(C)C)C(C)=O)cc1. The van der Waals surface area contributed by atoms with Gasteiger partial charge in [0, 0.05) is 27.2 Å². The Hall–Kier alpha value is -2.30. The van der Waals surface area contributed by atoms with Gasteiger partial charge in [-0.25, -0.2) is 4.79 Å². The molecule has 0 radical (unpaired) electrons. The van der Waals surface area contributed by atoms with Gasteiger partial charge in [-0.05, 0) is 24.3 Å². The van der Waals surface area contributed by atoms with Crippen LogP contribution in [-0.4, -0.2) is 37.9 Å². The van der Waals surface area contributed by atoms with E-state index in [4.69, 9.17) is 4.74 Å². The van der Waals surface area contributed by atoms with Gasteiger partial charge in [0.15, 0.2) is 11.5 Å². The monoisotopic (exact) mass is 263 g/mol. The molecule has 0 aliphatic carbocycles. The van der Waals surface area contributed by atoms with E-state index in [-0.39, 0.29) is 11.5 Å². The largest absolute Gasteiger partial charge is 0.465 e. The van der Waals surface area contributed by atoms with Gasteiger partial charge in [0.05, 0.1) is 12.7 Å². The Morgan fingerprint density at radius 3 is 2.16 bits per heavy atom. The number of Topliss-reactive ketones (excluding diaryl/α,β-unsaturated/α-hetero) is 1. The van der Waals surface area contributed by atoms with E-state index in [1.165, 1.54) is 14.0 Å². The van der Waals surface area contributed by atoms with Gasteiger partial charge in [0.25, 0.3) is 0 Å². The highest BCUT2D eigenvalue weighted by atomic mass is 16.5. The van der Waals surface area contributed by atoms with Crippen LogP contribution in [0, 0.1) is 0 Å². The molecule has 19 heavy (non-hydrogen) atoms. The van der Waals surface area contributed by atoms with Crippen LogP contribution in [0.5, 0.6) is 5.75 Å². The number of hydrogen-bond donors (Lipinski definition) is 0. The molecule has 0 spiro atoms. The zero-order valence-corrected chi connectivity index (χ0v) is 11.5. The summed E-state index contributed by atoms with van der Waals surface area (Å²) in [5.74, 6) is 0.125. The third-order valence-electron chi connectivity index (χ3n) is 2.23. The van der Waals surface area contributed by atoms with Crippen LogP contribution in [-0.2, 0) is 9.53 Å². The van der Waals surface area contributed by atoms with Crippen LogP contribution in [0.4, 0.5) is 0 Å². The molecule has 1 aromatic carbocycles. The van der Waals surface area contributed by atoms with Gasteiger partial charge in [-0.2, -0.15) is 0 Å². The number of hydrogen-bond acceptors (Lipinski definition) is 5. The summed E-state index contributed by atoms with van der Waals surface area (Å²) >= 11 is 0. The zero-order chi connectivity index (χ0) is 14.4. The fourth-order valence-electron chi connectivity index (χ4n) is 1.33. The molecule has 0 saturated carbocycles. The fourth-order valence-corrected chi connectivity index (χ4v) is 1.33. The summed E-state index contributed by atoms with van der Waals surface area (Å²) in [4.78, 5) is 24.4. The molecule has 5 heteroatoms. The lowest BCUT2D eigenvalue weighted by molar-refractivity contribution is -0.115. The van der Waals surface area contributed by atoms with Crippen LogP contribution in [0.3, 0.4) is 0 Å². The molecule has 0 N–H and O–H groups in total. The number of nitrogens with zero attached hydrogens (tertiary/aromatic N) is 1. The molecule has 5 nitrogen and oxygen atoms in total. The normalized spacial score (nSPS) is 10.8. The number of rotatable bonds is 5. The van der Waals surface area contributed by atoms with Crippen molar-refractivity contribution in [1.29, 1.82) is 0 Å². The minimum Gasteiger partial charge on any atom is -0.465 e. The second kappa shape index (κ2) is 6.58. The fraction of sp³-hybridized carbons (Fsp3) is 0.286. The van der Waals surface area contributed by atoms with Crippen molar-refractivity contribution in [3.8, 4) is 5.75 Å². The Morgan fingerprint density at radius 2 is 1.74 bits per heavy atom. The minimum absolute atomic E-state index is 0.175. The van der Waals surface area contributed by atoms with Crippen LogP contribution in [0.1, 0.15) is 17.3 Å². The molecule has 0 aliphatic rings. The average molecular weight is 263 g/mol. The third kappa shape index (κ3) is 4.46. The van der Waals surface area contributed by atoms with Crippen molar-refractivity contribution in [2.75, 3.05) is 21.2 Å². The van der Waals surface area contributed by atoms with Crippen LogP contribution >= 0.6 is 0 Å². The van der Waals surface area contributed by atoms with Crippen LogP contribution in [0.15, 0.2) is 36.2 Å². The predicted molar refractivity (Wildman–Crippen MR) is 70.9 cm³/mol. The summed E-state index contributed by atoms with van der Waals surface area (Å²) in [6, 6.07) is 6.38. The van der Waals surface area contributed by atoms with E-state index in [9.17, 15) is 9.59 Å². The quantitative estimate of drug-likeness (QED) is 0.461.